The molecule has 2 aliphatic heterocycles. The summed E-state index contributed by atoms with van der Waals surface area (Å²) in [7, 11) is 3.11. The predicted octanol–water partition coefficient (Wildman–Crippen LogP) is 5.03. The largest absolute Gasteiger partial charge is 0.545 e. The smallest absolute Gasteiger partial charge is 0.493 e. The molecule has 1 atom stereocenters. The van der Waals surface area contributed by atoms with Crippen molar-refractivity contribution in [2.45, 2.75) is 59.7 Å². The van der Waals surface area contributed by atoms with Gasteiger partial charge in [-0.3, -0.25) is 4.79 Å². The fourth-order valence-corrected chi connectivity index (χ4v) is 6.50. The molecule has 1 unspecified atom stereocenters. The Bertz CT molecular complexity index is 1700. The van der Waals surface area contributed by atoms with Gasteiger partial charge in [0.2, 0.25) is 11.7 Å². The molecule has 3 aromatic rings. The van der Waals surface area contributed by atoms with Gasteiger partial charge in [-0.05, 0) is 62.2 Å². The topological polar surface area (TPSA) is 131 Å². The Hall–Kier alpha value is -4.61. The number of aromatic nitrogens is 3. The van der Waals surface area contributed by atoms with Gasteiger partial charge in [0.15, 0.2) is 17.2 Å². The van der Waals surface area contributed by atoms with Gasteiger partial charge >= 0.3 is 6.69 Å². The number of Topliss-reactive ketones (excluding diaryl/α,β-unsaturated/α-hetero) is 1. The number of anilines is 2. The molecule has 232 valence electrons. The molecule has 2 aromatic heterocycles. The van der Waals surface area contributed by atoms with E-state index in [1.54, 1.807) is 31.7 Å². The summed E-state index contributed by atoms with van der Waals surface area (Å²) in [6, 6.07) is 5.72. The van der Waals surface area contributed by atoms with Crippen LogP contribution in [0.25, 0.3) is 5.57 Å². The van der Waals surface area contributed by atoms with Crippen LogP contribution in [0, 0.1) is 13.8 Å². The zero-order chi connectivity index (χ0) is 31.8. The number of ketones is 1. The number of nitrogens with zero attached hydrogens (tertiary/aromatic N) is 4. The Morgan fingerprint density at radius 1 is 1.07 bits per heavy atom. The minimum Gasteiger partial charge on any atom is -0.493 e. The van der Waals surface area contributed by atoms with E-state index in [-0.39, 0.29) is 11.7 Å². The number of nitrogens with two attached hydrogens (primary N) is 2. The maximum Gasteiger partial charge on any atom is 0.545 e. The number of allylic oxidation sites excluding steroid dienone is 3. The van der Waals surface area contributed by atoms with Crippen molar-refractivity contribution >= 4 is 35.5 Å². The molecule has 2 aliphatic rings. The molecule has 12 heteroatoms. The average molecular weight is 603 g/mol. The van der Waals surface area contributed by atoms with Gasteiger partial charge in [0.1, 0.15) is 17.3 Å². The van der Waals surface area contributed by atoms with Crippen LogP contribution in [0.3, 0.4) is 0 Å². The van der Waals surface area contributed by atoms with Crippen molar-refractivity contribution in [3.8, 4) is 17.2 Å². The minimum absolute atomic E-state index is 0.0972. The number of benzene rings is 1. The highest BCUT2D eigenvalue weighted by molar-refractivity contribution is 6.64. The average Bonchev–Trinajstić information content (AvgIpc) is 3.56. The van der Waals surface area contributed by atoms with Crippen LogP contribution in [-0.2, 0) is 11.2 Å². The third-order valence-electron chi connectivity index (χ3n) is 8.44. The lowest BCUT2D eigenvalue weighted by Crippen LogP contribution is -2.52. The van der Waals surface area contributed by atoms with Crippen molar-refractivity contribution in [1.82, 2.24) is 14.4 Å². The van der Waals surface area contributed by atoms with Crippen molar-refractivity contribution in [2.75, 3.05) is 32.3 Å². The number of carbonyl (C=O) groups is 1. The molecule has 4 heterocycles. The first-order chi connectivity index (χ1) is 21.0. The highest BCUT2D eigenvalue weighted by atomic mass is 19.1. The molecule has 0 aliphatic carbocycles. The molecule has 0 saturated carbocycles. The quantitative estimate of drug-likeness (QED) is 0.218. The first-order valence-corrected chi connectivity index (χ1v) is 14.8. The number of hydrogen-bond donors (Lipinski definition) is 2. The number of fused-ring (bicyclic) bond motifs is 2. The van der Waals surface area contributed by atoms with Gasteiger partial charge in [-0.2, -0.15) is 4.98 Å². The van der Waals surface area contributed by atoms with Gasteiger partial charge in [-0.15, -0.1) is 0 Å². The summed E-state index contributed by atoms with van der Waals surface area (Å²) in [6.07, 6.45) is 7.61. The summed E-state index contributed by atoms with van der Waals surface area (Å²) >= 11 is 0. The molecule has 0 amide bonds. The van der Waals surface area contributed by atoms with Gasteiger partial charge in [-0.1, -0.05) is 6.82 Å². The second-order valence-corrected chi connectivity index (χ2v) is 11.6. The number of nitrogen functional groups attached to an aromatic ring is 2. The van der Waals surface area contributed by atoms with E-state index in [0.29, 0.717) is 61.8 Å². The molecule has 4 N–H and O–H groups in total. The summed E-state index contributed by atoms with van der Waals surface area (Å²) in [4.78, 5) is 20.9. The van der Waals surface area contributed by atoms with Crippen molar-refractivity contribution < 1.29 is 27.8 Å². The Labute approximate surface area is 257 Å². The summed E-state index contributed by atoms with van der Waals surface area (Å²) < 4.78 is 37.3. The van der Waals surface area contributed by atoms with E-state index in [1.807, 2.05) is 55.6 Å². The standard InChI is InChI=1S/C32H40BFN6O4/c1-19-14-20(2)39-29(19)21(3)26-12-10-24(40(26)33(39,4)34)9-11-25(41)8-7-13-44-30-27(42-5)16-22(17-28(30)43-6)15-23-18-37-32(36)38-31(23)35/h10,12,14,16-18H,7-9,11,13,15H2,1-6H3,(H4,35,36,37,38). The Morgan fingerprint density at radius 3 is 2.43 bits per heavy atom. The summed E-state index contributed by atoms with van der Waals surface area (Å²) in [5.74, 6) is 1.98. The molecule has 0 radical (unpaired) electrons. The number of hydrogen-bond acceptors (Lipinski definition) is 8. The van der Waals surface area contributed by atoms with Crippen LogP contribution in [0.1, 0.15) is 60.7 Å². The molecule has 0 bridgehead atoms. The fraction of sp³-hybridized carbons (Fsp3) is 0.375. The zero-order valence-electron chi connectivity index (χ0n) is 26.2. The highest BCUT2D eigenvalue weighted by Crippen LogP contribution is 2.40. The highest BCUT2D eigenvalue weighted by Gasteiger charge is 2.47. The summed E-state index contributed by atoms with van der Waals surface area (Å²) in [5.41, 5.74) is 18.9. The second-order valence-electron chi connectivity index (χ2n) is 11.6. The van der Waals surface area contributed by atoms with Crippen LogP contribution in [0.5, 0.6) is 17.2 Å². The van der Waals surface area contributed by atoms with E-state index >= 15 is 4.32 Å². The second kappa shape index (κ2) is 12.2. The number of methoxy groups -OCH3 is 2. The monoisotopic (exact) mass is 602 g/mol. The van der Waals surface area contributed by atoms with E-state index in [1.165, 1.54) is 0 Å². The number of rotatable bonds is 12. The predicted molar refractivity (Wildman–Crippen MR) is 171 cm³/mol. The van der Waals surface area contributed by atoms with Gasteiger partial charge in [-0.25, -0.2) is 4.98 Å². The lowest BCUT2D eigenvalue weighted by Gasteiger charge is -2.36. The van der Waals surface area contributed by atoms with Crippen LogP contribution in [0.15, 0.2) is 42.2 Å². The van der Waals surface area contributed by atoms with Gasteiger partial charge in [0, 0.05) is 60.9 Å². The van der Waals surface area contributed by atoms with Crippen molar-refractivity contribution in [1.29, 1.82) is 0 Å². The van der Waals surface area contributed by atoms with Crippen molar-refractivity contribution in [2.24, 2.45) is 0 Å². The maximum absolute atomic E-state index is 16.5. The lowest BCUT2D eigenvalue weighted by molar-refractivity contribution is -0.348. The third-order valence-corrected chi connectivity index (χ3v) is 8.44. The lowest BCUT2D eigenvalue weighted by atomic mass is 9.67. The van der Waals surface area contributed by atoms with E-state index in [2.05, 4.69) is 9.97 Å². The summed E-state index contributed by atoms with van der Waals surface area (Å²) in [5, 5.41) is 0. The molecular weight excluding hydrogens is 562 g/mol. The van der Waals surface area contributed by atoms with Crippen LogP contribution in [-0.4, -0.2) is 57.9 Å². The molecular formula is C32H40BFN6O4. The fourth-order valence-electron chi connectivity index (χ4n) is 6.50. The Kier molecular flexibility index (Phi) is 8.54. The van der Waals surface area contributed by atoms with Crippen LogP contribution >= 0.6 is 0 Å². The van der Waals surface area contributed by atoms with E-state index < -0.39 is 6.69 Å². The molecule has 0 saturated heterocycles. The van der Waals surface area contributed by atoms with Crippen LogP contribution in [0.4, 0.5) is 16.1 Å². The SMILES string of the molecule is COc1cc(Cc2cnc(N)nc2N)cc(OC)c1OCCCC(=O)CCC1=[N+]2C(=C(C)c3c(C)cc(C)n3[B-]2(C)F)C=C1. The molecule has 5 rings (SSSR count). The summed E-state index contributed by atoms with van der Waals surface area (Å²) in [6.45, 7) is 5.38. The molecule has 44 heavy (non-hydrogen) atoms. The Balaban J connectivity index is 1.19. The van der Waals surface area contributed by atoms with E-state index in [9.17, 15) is 4.79 Å². The molecule has 0 fully saturated rings. The minimum atomic E-state index is -2.56. The Morgan fingerprint density at radius 2 is 1.77 bits per heavy atom. The van der Waals surface area contributed by atoms with Crippen LogP contribution < -0.4 is 25.7 Å². The van der Waals surface area contributed by atoms with Crippen molar-refractivity contribution in [3.05, 3.63) is 70.3 Å². The number of ether oxygens (including phenoxy) is 3. The van der Waals surface area contributed by atoms with E-state index in [4.69, 9.17) is 25.7 Å². The number of aryl methyl sites for hydroxylation is 2. The van der Waals surface area contributed by atoms with Crippen LogP contribution in [0.2, 0.25) is 6.82 Å². The molecule has 0 spiro atoms. The molecule has 1 aromatic carbocycles. The van der Waals surface area contributed by atoms with Gasteiger partial charge in [0.05, 0.1) is 20.8 Å². The normalized spacial score (nSPS) is 17.2. The third kappa shape index (κ3) is 5.68. The zero-order valence-corrected chi connectivity index (χ0v) is 26.2. The number of halogens is 1. The first-order valence-electron chi connectivity index (χ1n) is 14.8. The van der Waals surface area contributed by atoms with E-state index in [0.717, 1.165) is 45.1 Å². The van der Waals surface area contributed by atoms with Gasteiger partial charge < -0.3 is 39.0 Å². The number of carbonyl (C=O) groups excluding carboxylic acids is 1. The van der Waals surface area contributed by atoms with Crippen molar-refractivity contribution in [3.63, 3.8) is 0 Å². The van der Waals surface area contributed by atoms with Gasteiger partial charge in [0.25, 0.3) is 0 Å². The maximum atomic E-state index is 16.5. The molecule has 10 nitrogen and oxygen atoms in total. The first kappa shape index (κ1) is 30.8.